The molecule has 5 heteroatoms. The maximum atomic E-state index is 6.62. The van der Waals surface area contributed by atoms with Gasteiger partial charge in [-0.2, -0.15) is 4.57 Å². The zero-order valence-corrected chi connectivity index (χ0v) is 29.1. The summed E-state index contributed by atoms with van der Waals surface area (Å²) < 4.78 is 13.5. The van der Waals surface area contributed by atoms with Crippen molar-refractivity contribution in [1.29, 1.82) is 0 Å². The smallest absolute Gasteiger partial charge is 0.250 e. The molecule has 0 radical (unpaired) electrons. The van der Waals surface area contributed by atoms with Crippen LogP contribution in [0, 0.1) is 0 Å². The van der Waals surface area contributed by atoms with Crippen molar-refractivity contribution in [3.63, 3.8) is 0 Å². The number of ether oxygens (including phenoxy) is 1. The van der Waals surface area contributed by atoms with Crippen LogP contribution in [0.15, 0.2) is 110 Å². The molecule has 0 aliphatic rings. The third kappa shape index (κ3) is 5.58. The highest BCUT2D eigenvalue weighted by Crippen LogP contribution is 2.38. The number of pyridine rings is 1. The fourth-order valence-electron chi connectivity index (χ4n) is 6.47. The predicted molar refractivity (Wildman–Crippen MR) is 195 cm³/mol. The van der Waals surface area contributed by atoms with Crippen molar-refractivity contribution in [2.75, 3.05) is 0 Å². The van der Waals surface area contributed by atoms with Gasteiger partial charge in [0.05, 0.1) is 11.0 Å². The molecule has 0 spiro atoms. The molecular weight excluding hydrogens is 576 g/mol. The van der Waals surface area contributed by atoms with E-state index in [2.05, 4.69) is 173 Å². The van der Waals surface area contributed by atoms with Gasteiger partial charge in [-0.05, 0) is 97.3 Å². The standard InChI is InChI=1S/C42H45N4O/c1-40(2,3)28-17-19-33-34-20-18-32(26-38(34)46(37(33)23-28)39-24-29(21-22-43-39)41(4,5)6)47-31-14-12-13-30(25-31)44-27-45(42(7,8)9)36-16-11-10-15-35(36)44/h10-27H,1-9H3/q+1. The Kier molecular flexibility index (Phi) is 7.09. The van der Waals surface area contributed by atoms with E-state index in [0.717, 1.165) is 39.6 Å². The highest BCUT2D eigenvalue weighted by molar-refractivity contribution is 6.09. The lowest BCUT2D eigenvalue weighted by Gasteiger charge is -2.21. The Morgan fingerprint density at radius 3 is 1.98 bits per heavy atom. The van der Waals surface area contributed by atoms with Crippen molar-refractivity contribution < 1.29 is 9.30 Å². The average molecular weight is 622 g/mol. The summed E-state index contributed by atoms with van der Waals surface area (Å²) in [5.74, 6) is 2.48. The number of imidazole rings is 1. The number of hydrogen-bond acceptors (Lipinski definition) is 2. The Morgan fingerprint density at radius 2 is 1.26 bits per heavy atom. The molecule has 0 saturated heterocycles. The summed E-state index contributed by atoms with van der Waals surface area (Å²) >= 11 is 0. The third-order valence-electron chi connectivity index (χ3n) is 9.13. The first kappa shape index (κ1) is 30.7. The molecular formula is C42H45N4O+. The Morgan fingerprint density at radius 1 is 0.596 bits per heavy atom. The normalized spacial score (nSPS) is 12.8. The molecule has 238 valence electrons. The minimum Gasteiger partial charge on any atom is -0.457 e. The van der Waals surface area contributed by atoms with Crippen LogP contribution in [0.4, 0.5) is 0 Å². The molecule has 0 unspecified atom stereocenters. The van der Waals surface area contributed by atoms with Crippen LogP contribution in [-0.2, 0) is 16.4 Å². The number of fused-ring (bicyclic) bond motifs is 4. The summed E-state index contributed by atoms with van der Waals surface area (Å²) in [7, 11) is 0. The maximum absolute atomic E-state index is 6.62. The zero-order chi connectivity index (χ0) is 33.3. The van der Waals surface area contributed by atoms with Crippen LogP contribution in [0.5, 0.6) is 11.5 Å². The second kappa shape index (κ2) is 10.8. The monoisotopic (exact) mass is 621 g/mol. The summed E-state index contributed by atoms with van der Waals surface area (Å²) in [4.78, 5) is 4.91. The highest BCUT2D eigenvalue weighted by Gasteiger charge is 2.26. The fraction of sp³-hybridized carbons (Fsp3) is 0.286. The highest BCUT2D eigenvalue weighted by atomic mass is 16.5. The van der Waals surface area contributed by atoms with E-state index in [1.807, 2.05) is 12.3 Å². The Bertz CT molecular complexity index is 2280. The molecule has 0 bridgehead atoms. The van der Waals surface area contributed by atoms with Crippen molar-refractivity contribution >= 4 is 32.8 Å². The van der Waals surface area contributed by atoms with Crippen molar-refractivity contribution in [1.82, 2.24) is 14.1 Å². The van der Waals surface area contributed by atoms with E-state index in [0.29, 0.717) is 0 Å². The number of para-hydroxylation sites is 2. The lowest BCUT2D eigenvalue weighted by atomic mass is 9.86. The second-order valence-corrected chi connectivity index (χ2v) is 15.8. The van der Waals surface area contributed by atoms with Crippen LogP contribution in [0.3, 0.4) is 0 Å². The lowest BCUT2D eigenvalue weighted by Crippen LogP contribution is -2.49. The fourth-order valence-corrected chi connectivity index (χ4v) is 6.47. The van der Waals surface area contributed by atoms with Crippen molar-refractivity contribution in [3.8, 4) is 23.0 Å². The van der Waals surface area contributed by atoms with Gasteiger partial charge < -0.3 is 4.74 Å². The van der Waals surface area contributed by atoms with Gasteiger partial charge in [-0.25, -0.2) is 9.55 Å². The summed E-state index contributed by atoms with van der Waals surface area (Å²) in [5.41, 5.74) is 8.14. The minimum absolute atomic E-state index is 0.00348. The van der Waals surface area contributed by atoms with Gasteiger partial charge in [0.2, 0.25) is 6.33 Å². The van der Waals surface area contributed by atoms with Gasteiger partial charge >= 0.3 is 0 Å². The summed E-state index contributed by atoms with van der Waals surface area (Å²) in [5, 5.41) is 2.38. The molecule has 0 amide bonds. The van der Waals surface area contributed by atoms with E-state index < -0.39 is 0 Å². The SMILES string of the molecule is CC(C)(C)c1ccnc(-n2c3cc(Oc4cccc(-n5c[n+](C(C)(C)C)c6ccccc65)c4)ccc3c3ccc(C(C)(C)C)cc32)c1. The first-order valence-corrected chi connectivity index (χ1v) is 16.5. The summed E-state index contributed by atoms with van der Waals surface area (Å²) in [6.07, 6.45) is 4.13. The quantitative estimate of drug-likeness (QED) is 0.183. The third-order valence-corrected chi connectivity index (χ3v) is 9.13. The Labute approximate surface area is 278 Å². The molecule has 0 aliphatic carbocycles. The number of rotatable bonds is 4. The van der Waals surface area contributed by atoms with Crippen LogP contribution in [-0.4, -0.2) is 14.1 Å². The molecule has 0 fully saturated rings. The van der Waals surface area contributed by atoms with Crippen molar-refractivity contribution in [2.24, 2.45) is 0 Å². The van der Waals surface area contributed by atoms with Crippen LogP contribution in [0.2, 0.25) is 0 Å². The van der Waals surface area contributed by atoms with E-state index in [9.17, 15) is 0 Å². The van der Waals surface area contributed by atoms with Gasteiger partial charge in [0.15, 0.2) is 11.0 Å². The molecule has 0 aliphatic heterocycles. The maximum Gasteiger partial charge on any atom is 0.250 e. The second-order valence-electron chi connectivity index (χ2n) is 15.8. The van der Waals surface area contributed by atoms with Crippen LogP contribution < -0.4 is 9.30 Å². The van der Waals surface area contributed by atoms with E-state index in [4.69, 9.17) is 9.72 Å². The molecule has 4 aromatic carbocycles. The predicted octanol–water partition coefficient (Wildman–Crippen LogP) is 10.6. The van der Waals surface area contributed by atoms with E-state index in [1.165, 1.54) is 27.4 Å². The molecule has 0 atom stereocenters. The molecule has 0 N–H and O–H groups in total. The summed E-state index contributed by atoms with van der Waals surface area (Å²) in [6, 6.07) is 34.5. The average Bonchev–Trinajstić information content (AvgIpc) is 3.56. The first-order chi connectivity index (χ1) is 22.2. The zero-order valence-electron chi connectivity index (χ0n) is 29.1. The minimum atomic E-state index is -0.0538. The van der Waals surface area contributed by atoms with E-state index in [-0.39, 0.29) is 16.4 Å². The van der Waals surface area contributed by atoms with Gasteiger partial charge in [-0.15, -0.1) is 0 Å². The largest absolute Gasteiger partial charge is 0.457 e. The molecule has 3 heterocycles. The van der Waals surface area contributed by atoms with Gasteiger partial charge in [-0.1, -0.05) is 71.9 Å². The van der Waals surface area contributed by atoms with E-state index in [1.54, 1.807) is 0 Å². The van der Waals surface area contributed by atoms with Crippen LogP contribution in [0.25, 0.3) is 44.3 Å². The number of nitrogens with zero attached hydrogens (tertiary/aromatic N) is 4. The van der Waals surface area contributed by atoms with Crippen LogP contribution in [0.1, 0.15) is 73.4 Å². The van der Waals surface area contributed by atoms with Gasteiger partial charge in [0.25, 0.3) is 0 Å². The van der Waals surface area contributed by atoms with Crippen LogP contribution >= 0.6 is 0 Å². The topological polar surface area (TPSA) is 35.9 Å². The van der Waals surface area contributed by atoms with Crippen molar-refractivity contribution in [3.05, 3.63) is 121 Å². The van der Waals surface area contributed by atoms with Crippen molar-refractivity contribution in [2.45, 2.75) is 78.7 Å². The molecule has 7 rings (SSSR count). The Balaban J connectivity index is 1.36. The lowest BCUT2D eigenvalue weighted by molar-refractivity contribution is -0.731. The molecule has 0 saturated carbocycles. The Hall–Kier alpha value is -4.90. The molecule has 5 nitrogen and oxygen atoms in total. The van der Waals surface area contributed by atoms with Gasteiger partial charge in [0, 0.05) is 29.1 Å². The summed E-state index contributed by atoms with van der Waals surface area (Å²) in [6.45, 7) is 20.2. The van der Waals surface area contributed by atoms with E-state index >= 15 is 0 Å². The molecule has 3 aromatic heterocycles. The van der Waals surface area contributed by atoms with Gasteiger partial charge in [-0.3, -0.25) is 4.57 Å². The number of aromatic nitrogens is 4. The molecule has 47 heavy (non-hydrogen) atoms. The number of hydrogen-bond donors (Lipinski definition) is 0. The van der Waals surface area contributed by atoms with Gasteiger partial charge in [0.1, 0.15) is 28.5 Å². The number of benzene rings is 4. The molecule has 7 aromatic rings. The first-order valence-electron chi connectivity index (χ1n) is 16.5.